The maximum absolute atomic E-state index is 14.6. The number of piperidine rings is 1. The number of para-hydroxylation sites is 1. The topological polar surface area (TPSA) is 70.6 Å². The number of halogens is 1. The maximum Gasteiger partial charge on any atom is 0.260 e. The molecule has 1 aliphatic heterocycles. The van der Waals surface area contributed by atoms with Crippen molar-refractivity contribution in [2.45, 2.75) is 38.0 Å². The Morgan fingerprint density at radius 3 is 2.56 bits per heavy atom. The zero-order chi connectivity index (χ0) is 22.9. The zero-order valence-corrected chi connectivity index (χ0v) is 19.8. The fourth-order valence-electron chi connectivity index (χ4n) is 3.82. The van der Waals surface area contributed by atoms with Crippen LogP contribution in [0.25, 0.3) is 10.2 Å². The summed E-state index contributed by atoms with van der Waals surface area (Å²) in [5, 5.41) is 0.537. The average molecular weight is 476 g/mol. The van der Waals surface area contributed by atoms with Crippen molar-refractivity contribution in [2.75, 3.05) is 24.5 Å². The van der Waals surface area contributed by atoms with Gasteiger partial charge in [0, 0.05) is 25.2 Å². The number of benzene rings is 2. The van der Waals surface area contributed by atoms with Crippen LogP contribution in [0, 0.1) is 11.7 Å². The summed E-state index contributed by atoms with van der Waals surface area (Å²) in [6.07, 6.45) is 2.46. The van der Waals surface area contributed by atoms with Crippen molar-refractivity contribution in [3.8, 4) is 0 Å². The second-order valence-corrected chi connectivity index (χ2v) is 11.3. The Kier molecular flexibility index (Phi) is 6.60. The van der Waals surface area contributed by atoms with E-state index in [-0.39, 0.29) is 11.5 Å². The van der Waals surface area contributed by atoms with E-state index < -0.39 is 26.6 Å². The normalized spacial score (nSPS) is 15.4. The lowest BCUT2D eigenvalue weighted by molar-refractivity contribution is 0.0983. The van der Waals surface area contributed by atoms with Crippen molar-refractivity contribution in [3.05, 3.63) is 53.8 Å². The Bertz CT molecular complexity index is 1200. The summed E-state index contributed by atoms with van der Waals surface area (Å²) >= 11 is 1.40. The molecule has 2 aromatic carbocycles. The van der Waals surface area contributed by atoms with Gasteiger partial charge >= 0.3 is 0 Å². The molecular weight excluding hydrogens is 449 g/mol. The molecule has 32 heavy (non-hydrogen) atoms. The second kappa shape index (κ2) is 9.25. The molecule has 170 valence electrons. The first-order chi connectivity index (χ1) is 15.3. The van der Waals surface area contributed by atoms with Gasteiger partial charge < -0.3 is 0 Å². The lowest BCUT2D eigenvalue weighted by atomic mass is 10.1. The van der Waals surface area contributed by atoms with Gasteiger partial charge in [0.15, 0.2) is 5.13 Å². The molecule has 1 aromatic heterocycles. The standard InChI is InChI=1S/C23H26FN3O3S2/c1-16(2)15-27(23-25-19-8-4-5-9-20(19)31-23)22(28)17-10-11-18(24)21(14-17)32(29,30)26-12-6-3-7-13-26/h4-5,8-11,14,16H,3,6-7,12-13,15H2,1-2H3. The maximum atomic E-state index is 14.6. The van der Waals surface area contributed by atoms with Crippen molar-refractivity contribution < 1.29 is 17.6 Å². The molecule has 1 saturated heterocycles. The van der Waals surface area contributed by atoms with Crippen LogP contribution in [0.1, 0.15) is 43.5 Å². The minimum absolute atomic E-state index is 0.127. The Balaban J connectivity index is 1.72. The number of carbonyl (C=O) groups is 1. The number of hydrogen-bond donors (Lipinski definition) is 0. The summed E-state index contributed by atoms with van der Waals surface area (Å²) in [4.78, 5) is 19.2. The number of aromatic nitrogens is 1. The van der Waals surface area contributed by atoms with Gasteiger partial charge in [-0.1, -0.05) is 43.7 Å². The first-order valence-corrected chi connectivity index (χ1v) is 13.0. The number of nitrogens with zero attached hydrogens (tertiary/aromatic N) is 3. The third-order valence-corrected chi connectivity index (χ3v) is 8.39. The second-order valence-electron chi connectivity index (χ2n) is 8.38. The molecule has 0 saturated carbocycles. The van der Waals surface area contributed by atoms with Crippen molar-refractivity contribution in [1.29, 1.82) is 0 Å². The molecule has 1 fully saturated rings. The molecule has 6 nitrogen and oxygen atoms in total. The number of rotatable bonds is 6. The van der Waals surface area contributed by atoms with Gasteiger partial charge in [-0.3, -0.25) is 9.69 Å². The molecule has 0 spiro atoms. The third kappa shape index (κ3) is 4.55. The van der Waals surface area contributed by atoms with Gasteiger partial charge in [0.05, 0.1) is 10.2 Å². The number of fused-ring (bicyclic) bond motifs is 1. The number of carbonyl (C=O) groups excluding carboxylic acids is 1. The van der Waals surface area contributed by atoms with Gasteiger partial charge in [0.25, 0.3) is 5.91 Å². The first kappa shape index (κ1) is 22.8. The molecule has 0 unspecified atom stereocenters. The Morgan fingerprint density at radius 1 is 1.16 bits per heavy atom. The summed E-state index contributed by atoms with van der Waals surface area (Å²) < 4.78 is 43.0. The Hall–Kier alpha value is -2.36. The number of anilines is 1. The van der Waals surface area contributed by atoms with Gasteiger partial charge in [-0.2, -0.15) is 4.31 Å². The lowest BCUT2D eigenvalue weighted by Gasteiger charge is -2.26. The van der Waals surface area contributed by atoms with E-state index in [1.54, 1.807) is 4.90 Å². The molecule has 2 heterocycles. The molecule has 9 heteroatoms. The van der Waals surface area contributed by atoms with Crippen LogP contribution in [0.15, 0.2) is 47.4 Å². The highest BCUT2D eigenvalue weighted by Crippen LogP contribution is 2.31. The number of thiazole rings is 1. The first-order valence-electron chi connectivity index (χ1n) is 10.7. The van der Waals surface area contributed by atoms with Crippen LogP contribution in [0.5, 0.6) is 0 Å². The highest BCUT2D eigenvalue weighted by atomic mass is 32.2. The number of sulfonamides is 1. The van der Waals surface area contributed by atoms with E-state index in [0.29, 0.717) is 24.8 Å². The van der Waals surface area contributed by atoms with Crippen molar-refractivity contribution in [1.82, 2.24) is 9.29 Å². The summed E-state index contributed by atoms with van der Waals surface area (Å²) in [5.41, 5.74) is 0.920. The summed E-state index contributed by atoms with van der Waals surface area (Å²) in [6, 6.07) is 11.2. The molecule has 1 aliphatic rings. The van der Waals surface area contributed by atoms with Gasteiger partial charge in [-0.15, -0.1) is 0 Å². The highest BCUT2D eigenvalue weighted by Gasteiger charge is 2.30. The molecule has 3 aromatic rings. The summed E-state index contributed by atoms with van der Waals surface area (Å²) in [5.74, 6) is -1.08. The number of amides is 1. The van der Waals surface area contributed by atoms with Crippen LogP contribution < -0.4 is 4.90 Å². The fourth-order valence-corrected chi connectivity index (χ4v) is 6.40. The third-order valence-electron chi connectivity index (χ3n) is 5.42. The predicted molar refractivity (Wildman–Crippen MR) is 125 cm³/mol. The van der Waals surface area contributed by atoms with Crippen LogP contribution in [0.3, 0.4) is 0 Å². The molecule has 0 bridgehead atoms. The quantitative estimate of drug-likeness (QED) is 0.508. The van der Waals surface area contributed by atoms with E-state index in [1.807, 2.05) is 38.1 Å². The highest BCUT2D eigenvalue weighted by molar-refractivity contribution is 7.89. The van der Waals surface area contributed by atoms with Gasteiger partial charge in [0.1, 0.15) is 10.7 Å². The van der Waals surface area contributed by atoms with E-state index in [2.05, 4.69) is 4.98 Å². The van der Waals surface area contributed by atoms with Crippen molar-refractivity contribution >= 4 is 42.6 Å². The van der Waals surface area contributed by atoms with Gasteiger partial charge in [-0.05, 0) is 49.1 Å². The van der Waals surface area contributed by atoms with Crippen LogP contribution in [0.2, 0.25) is 0 Å². The minimum Gasteiger partial charge on any atom is -0.284 e. The van der Waals surface area contributed by atoms with Crippen molar-refractivity contribution in [3.63, 3.8) is 0 Å². The van der Waals surface area contributed by atoms with Crippen molar-refractivity contribution in [2.24, 2.45) is 5.92 Å². The van der Waals surface area contributed by atoms with Gasteiger partial charge in [-0.25, -0.2) is 17.8 Å². The number of hydrogen-bond acceptors (Lipinski definition) is 5. The monoisotopic (exact) mass is 475 g/mol. The molecule has 0 aliphatic carbocycles. The minimum atomic E-state index is -4.01. The smallest absolute Gasteiger partial charge is 0.260 e. The Labute approximate surface area is 191 Å². The molecule has 0 atom stereocenters. The molecule has 4 rings (SSSR count). The largest absolute Gasteiger partial charge is 0.284 e. The van der Waals surface area contributed by atoms with Crippen LogP contribution in [0.4, 0.5) is 9.52 Å². The van der Waals surface area contributed by atoms with Crippen LogP contribution in [-0.2, 0) is 10.0 Å². The van der Waals surface area contributed by atoms with Crippen LogP contribution in [-0.4, -0.2) is 43.2 Å². The van der Waals surface area contributed by atoms with E-state index >= 15 is 0 Å². The molecular formula is C23H26FN3O3S2. The Morgan fingerprint density at radius 2 is 1.88 bits per heavy atom. The lowest BCUT2D eigenvalue weighted by Crippen LogP contribution is -2.37. The van der Waals surface area contributed by atoms with Crippen LogP contribution >= 0.6 is 11.3 Å². The summed E-state index contributed by atoms with van der Waals surface area (Å²) in [7, 11) is -4.01. The molecule has 0 radical (unpaired) electrons. The summed E-state index contributed by atoms with van der Waals surface area (Å²) in [6.45, 7) is 5.12. The fraction of sp³-hybridized carbons (Fsp3) is 0.391. The average Bonchev–Trinajstić information content (AvgIpc) is 3.21. The zero-order valence-electron chi connectivity index (χ0n) is 18.1. The van der Waals surface area contributed by atoms with E-state index in [9.17, 15) is 17.6 Å². The van der Waals surface area contributed by atoms with E-state index in [1.165, 1.54) is 27.8 Å². The predicted octanol–water partition coefficient (Wildman–Crippen LogP) is 4.91. The van der Waals surface area contributed by atoms with E-state index in [0.717, 1.165) is 35.5 Å². The SMILES string of the molecule is CC(C)CN(C(=O)c1ccc(F)c(S(=O)(=O)N2CCCCC2)c1)c1nc2ccccc2s1. The van der Waals surface area contributed by atoms with E-state index in [4.69, 9.17) is 0 Å². The van der Waals surface area contributed by atoms with Gasteiger partial charge in [0.2, 0.25) is 10.0 Å². The molecule has 1 amide bonds. The molecule has 0 N–H and O–H groups in total.